The van der Waals surface area contributed by atoms with Crippen molar-refractivity contribution in [3.63, 3.8) is 0 Å². The van der Waals surface area contributed by atoms with E-state index < -0.39 is 0 Å². The van der Waals surface area contributed by atoms with Crippen molar-refractivity contribution in [3.8, 4) is 10.6 Å². The molecule has 3 nitrogen and oxygen atoms in total. The molecule has 5 heteroatoms. The topological polar surface area (TPSA) is 39.2 Å². The fourth-order valence-corrected chi connectivity index (χ4v) is 4.13. The van der Waals surface area contributed by atoms with Crippen molar-refractivity contribution in [1.82, 2.24) is 4.98 Å². The quantitative estimate of drug-likeness (QED) is 0.615. The minimum absolute atomic E-state index is 0.284. The maximum absolute atomic E-state index is 12.3. The molecule has 0 atom stereocenters. The monoisotopic (exact) mass is 343 g/mol. The Kier molecular flexibility index (Phi) is 4.59. The third-order valence-electron chi connectivity index (χ3n) is 3.40. The fraction of sp³-hybridized carbons (Fsp3) is 0.222. The van der Waals surface area contributed by atoms with Crippen LogP contribution in [0.1, 0.15) is 32.1 Å². The molecule has 0 aliphatic heterocycles. The van der Waals surface area contributed by atoms with Gasteiger partial charge in [0.2, 0.25) is 0 Å². The SMILES string of the molecule is Cc1cc(C)cc(COC(=O)c2sc(-c3ccsc3)nc2C)c1. The van der Waals surface area contributed by atoms with Gasteiger partial charge >= 0.3 is 5.97 Å². The summed E-state index contributed by atoms with van der Waals surface area (Å²) in [7, 11) is 0. The normalized spacial score (nSPS) is 10.7. The molecular formula is C18H17NO2S2. The highest BCUT2D eigenvalue weighted by Gasteiger charge is 2.18. The maximum Gasteiger partial charge on any atom is 0.350 e. The van der Waals surface area contributed by atoms with Crippen LogP contribution in [0.25, 0.3) is 10.6 Å². The number of thiophene rings is 1. The molecule has 0 aliphatic carbocycles. The van der Waals surface area contributed by atoms with Crippen LogP contribution in [0.15, 0.2) is 35.0 Å². The molecule has 0 unspecified atom stereocenters. The van der Waals surface area contributed by atoms with E-state index in [0.29, 0.717) is 4.88 Å². The van der Waals surface area contributed by atoms with Crippen molar-refractivity contribution >= 4 is 28.6 Å². The molecule has 0 amide bonds. The number of hydrogen-bond donors (Lipinski definition) is 0. The molecule has 1 aromatic carbocycles. The molecule has 0 saturated heterocycles. The lowest BCUT2D eigenvalue weighted by atomic mass is 10.1. The number of aryl methyl sites for hydroxylation is 3. The first-order chi connectivity index (χ1) is 11.0. The van der Waals surface area contributed by atoms with Crippen LogP contribution < -0.4 is 0 Å². The third-order valence-corrected chi connectivity index (χ3v) is 5.27. The van der Waals surface area contributed by atoms with Gasteiger partial charge in [-0.2, -0.15) is 11.3 Å². The third kappa shape index (κ3) is 3.68. The minimum atomic E-state index is -0.305. The number of carbonyl (C=O) groups excluding carboxylic acids is 1. The molecule has 0 aliphatic rings. The van der Waals surface area contributed by atoms with Gasteiger partial charge in [0, 0.05) is 10.9 Å². The number of nitrogens with zero attached hydrogens (tertiary/aromatic N) is 1. The van der Waals surface area contributed by atoms with E-state index in [-0.39, 0.29) is 12.6 Å². The molecule has 0 N–H and O–H groups in total. The van der Waals surface area contributed by atoms with E-state index >= 15 is 0 Å². The smallest absolute Gasteiger partial charge is 0.350 e. The van der Waals surface area contributed by atoms with Gasteiger partial charge in [-0.05, 0) is 37.8 Å². The lowest BCUT2D eigenvalue weighted by molar-refractivity contribution is 0.0477. The summed E-state index contributed by atoms with van der Waals surface area (Å²) in [6.07, 6.45) is 0. The van der Waals surface area contributed by atoms with Crippen molar-refractivity contribution in [2.45, 2.75) is 27.4 Å². The Balaban J connectivity index is 1.73. The Morgan fingerprint density at radius 1 is 1.17 bits per heavy atom. The Morgan fingerprint density at radius 2 is 1.91 bits per heavy atom. The molecule has 0 saturated carbocycles. The number of thiazole rings is 1. The average molecular weight is 343 g/mol. The lowest BCUT2D eigenvalue weighted by Crippen LogP contribution is -2.05. The van der Waals surface area contributed by atoms with Gasteiger partial charge < -0.3 is 4.74 Å². The summed E-state index contributed by atoms with van der Waals surface area (Å²) in [5, 5.41) is 4.90. The van der Waals surface area contributed by atoms with Crippen molar-refractivity contribution in [1.29, 1.82) is 0 Å². The van der Waals surface area contributed by atoms with E-state index in [2.05, 4.69) is 11.1 Å². The summed E-state index contributed by atoms with van der Waals surface area (Å²) in [5.41, 5.74) is 5.13. The summed E-state index contributed by atoms with van der Waals surface area (Å²) in [4.78, 5) is 17.4. The van der Waals surface area contributed by atoms with Crippen LogP contribution in [-0.2, 0) is 11.3 Å². The van der Waals surface area contributed by atoms with E-state index in [1.165, 1.54) is 22.5 Å². The van der Waals surface area contributed by atoms with Crippen LogP contribution in [0.2, 0.25) is 0 Å². The summed E-state index contributed by atoms with van der Waals surface area (Å²) in [6, 6.07) is 8.19. The van der Waals surface area contributed by atoms with E-state index in [1.807, 2.05) is 49.7 Å². The zero-order valence-corrected chi connectivity index (χ0v) is 14.9. The number of aromatic nitrogens is 1. The van der Waals surface area contributed by atoms with Gasteiger partial charge in [0.1, 0.15) is 16.5 Å². The first-order valence-electron chi connectivity index (χ1n) is 7.27. The fourth-order valence-electron chi connectivity index (χ4n) is 2.46. The van der Waals surface area contributed by atoms with Gasteiger partial charge in [-0.25, -0.2) is 9.78 Å². The second-order valence-corrected chi connectivity index (χ2v) is 7.30. The lowest BCUT2D eigenvalue weighted by Gasteiger charge is -2.06. The van der Waals surface area contributed by atoms with E-state index in [9.17, 15) is 4.79 Å². The molecule has 3 aromatic rings. The number of benzene rings is 1. The predicted octanol–water partition coefficient (Wildman–Crippen LogP) is 5.15. The average Bonchev–Trinajstić information content (AvgIpc) is 3.13. The highest BCUT2D eigenvalue weighted by molar-refractivity contribution is 7.17. The molecule has 3 rings (SSSR count). The highest BCUT2D eigenvalue weighted by Crippen LogP contribution is 2.30. The first-order valence-corrected chi connectivity index (χ1v) is 9.03. The molecular weight excluding hydrogens is 326 g/mol. The van der Waals surface area contributed by atoms with Crippen LogP contribution in [0.4, 0.5) is 0 Å². The molecule has 0 fully saturated rings. The number of ether oxygens (including phenoxy) is 1. The van der Waals surface area contributed by atoms with Gasteiger partial charge in [0.25, 0.3) is 0 Å². The first kappa shape index (κ1) is 15.9. The summed E-state index contributed by atoms with van der Waals surface area (Å²) in [6.45, 7) is 6.21. The number of hydrogen-bond acceptors (Lipinski definition) is 5. The largest absolute Gasteiger partial charge is 0.457 e. The van der Waals surface area contributed by atoms with Gasteiger partial charge in [-0.1, -0.05) is 29.3 Å². The predicted molar refractivity (Wildman–Crippen MR) is 95.2 cm³/mol. The Labute approximate surface area is 143 Å². The Hall–Kier alpha value is -1.98. The van der Waals surface area contributed by atoms with Crippen molar-refractivity contribution in [3.05, 3.63) is 62.3 Å². The molecule has 2 heterocycles. The maximum atomic E-state index is 12.3. The van der Waals surface area contributed by atoms with Crippen LogP contribution in [0.5, 0.6) is 0 Å². The van der Waals surface area contributed by atoms with Crippen LogP contribution in [0, 0.1) is 20.8 Å². The van der Waals surface area contributed by atoms with Gasteiger partial charge in [0.15, 0.2) is 0 Å². The zero-order valence-electron chi connectivity index (χ0n) is 13.3. The van der Waals surface area contributed by atoms with Crippen molar-refractivity contribution < 1.29 is 9.53 Å². The standard InChI is InChI=1S/C18H17NO2S2/c1-11-6-12(2)8-14(7-11)9-21-18(20)16-13(3)19-17(23-16)15-4-5-22-10-15/h4-8,10H,9H2,1-3H3. The second-order valence-electron chi connectivity index (χ2n) is 5.52. The Bertz CT molecular complexity index is 815. The van der Waals surface area contributed by atoms with E-state index in [0.717, 1.165) is 21.8 Å². The Morgan fingerprint density at radius 3 is 2.57 bits per heavy atom. The molecule has 0 radical (unpaired) electrons. The van der Waals surface area contributed by atoms with Gasteiger partial charge in [-0.15, -0.1) is 11.3 Å². The molecule has 2 aromatic heterocycles. The summed E-state index contributed by atoms with van der Waals surface area (Å²) < 4.78 is 5.47. The molecule has 23 heavy (non-hydrogen) atoms. The van der Waals surface area contributed by atoms with Crippen LogP contribution >= 0.6 is 22.7 Å². The van der Waals surface area contributed by atoms with E-state index in [4.69, 9.17) is 4.74 Å². The number of rotatable bonds is 4. The van der Waals surface area contributed by atoms with Crippen LogP contribution in [0.3, 0.4) is 0 Å². The summed E-state index contributed by atoms with van der Waals surface area (Å²) >= 11 is 3.01. The number of esters is 1. The zero-order chi connectivity index (χ0) is 16.4. The molecule has 0 bridgehead atoms. The minimum Gasteiger partial charge on any atom is -0.457 e. The summed E-state index contributed by atoms with van der Waals surface area (Å²) in [5.74, 6) is -0.305. The number of carbonyl (C=O) groups is 1. The second kappa shape index (κ2) is 6.64. The van der Waals surface area contributed by atoms with E-state index in [1.54, 1.807) is 11.3 Å². The van der Waals surface area contributed by atoms with Crippen molar-refractivity contribution in [2.24, 2.45) is 0 Å². The highest BCUT2D eigenvalue weighted by atomic mass is 32.1. The molecule has 118 valence electrons. The van der Waals surface area contributed by atoms with Crippen LogP contribution in [-0.4, -0.2) is 11.0 Å². The molecule has 0 spiro atoms. The van der Waals surface area contributed by atoms with Gasteiger partial charge in [0.05, 0.1) is 5.69 Å². The van der Waals surface area contributed by atoms with Crippen molar-refractivity contribution in [2.75, 3.05) is 0 Å². The van der Waals surface area contributed by atoms with Gasteiger partial charge in [-0.3, -0.25) is 0 Å².